The Labute approximate surface area is 214 Å². The van der Waals surface area contributed by atoms with E-state index in [1.54, 1.807) is 16.7 Å². The molecule has 0 bridgehead atoms. The number of benzene rings is 2. The summed E-state index contributed by atoms with van der Waals surface area (Å²) in [5.41, 5.74) is 1.40. The number of rotatable bonds is 3. The molecule has 10 heteroatoms. The van der Waals surface area contributed by atoms with E-state index in [2.05, 4.69) is 20.0 Å². The highest BCUT2D eigenvalue weighted by Crippen LogP contribution is 2.30. The molecule has 0 N–H and O–H groups in total. The maximum Gasteiger partial charge on any atom is 0.275 e. The van der Waals surface area contributed by atoms with Gasteiger partial charge in [-0.3, -0.25) is 9.59 Å². The predicted octanol–water partition coefficient (Wildman–Crippen LogP) is 3.57. The average molecular weight is 513 g/mol. The molecule has 2 aliphatic rings. The van der Waals surface area contributed by atoms with Crippen molar-refractivity contribution in [3.05, 3.63) is 58.2 Å². The zero-order valence-corrected chi connectivity index (χ0v) is 21.0. The molecule has 3 aromatic rings. The molecule has 0 unspecified atom stereocenters. The van der Waals surface area contributed by atoms with Gasteiger partial charge in [-0.05, 0) is 18.2 Å². The minimum Gasteiger partial charge on any atom is -0.368 e. The lowest BCUT2D eigenvalue weighted by Crippen LogP contribution is -2.50. The van der Waals surface area contributed by atoms with Crippen LogP contribution in [0.3, 0.4) is 0 Å². The van der Waals surface area contributed by atoms with Gasteiger partial charge in [0.2, 0.25) is 5.91 Å². The summed E-state index contributed by atoms with van der Waals surface area (Å²) in [6.07, 6.45) is 0. The summed E-state index contributed by atoms with van der Waals surface area (Å²) >= 11 is 12.3. The van der Waals surface area contributed by atoms with Crippen molar-refractivity contribution in [3.8, 4) is 0 Å². The Morgan fingerprint density at radius 2 is 1.37 bits per heavy atom. The molecule has 0 spiro atoms. The fourth-order valence-corrected chi connectivity index (χ4v) is 5.01. The van der Waals surface area contributed by atoms with Gasteiger partial charge >= 0.3 is 0 Å². The van der Waals surface area contributed by atoms with Crippen LogP contribution in [0.4, 0.5) is 11.5 Å². The van der Waals surface area contributed by atoms with E-state index in [1.807, 2.05) is 42.5 Å². The van der Waals surface area contributed by atoms with E-state index in [9.17, 15) is 9.59 Å². The first-order chi connectivity index (χ1) is 16.9. The number of aromatic nitrogens is 2. The van der Waals surface area contributed by atoms with Crippen molar-refractivity contribution in [3.63, 3.8) is 0 Å². The van der Waals surface area contributed by atoms with Gasteiger partial charge in [0.1, 0.15) is 0 Å². The number of fused-ring (bicyclic) bond motifs is 1. The summed E-state index contributed by atoms with van der Waals surface area (Å²) in [5, 5.41) is 11.7. The van der Waals surface area contributed by atoms with Gasteiger partial charge < -0.3 is 19.6 Å². The largest absolute Gasteiger partial charge is 0.368 e. The average Bonchev–Trinajstić information content (AvgIpc) is 2.89. The first-order valence-electron chi connectivity index (χ1n) is 11.7. The van der Waals surface area contributed by atoms with Crippen molar-refractivity contribution < 1.29 is 9.59 Å². The number of hydrogen-bond donors (Lipinski definition) is 0. The summed E-state index contributed by atoms with van der Waals surface area (Å²) in [5.74, 6) is 0.672. The Morgan fingerprint density at radius 1 is 0.743 bits per heavy atom. The van der Waals surface area contributed by atoms with Crippen LogP contribution >= 0.6 is 23.2 Å². The van der Waals surface area contributed by atoms with Crippen LogP contribution in [0.2, 0.25) is 10.0 Å². The van der Waals surface area contributed by atoms with E-state index in [4.69, 9.17) is 23.2 Å². The quantitative estimate of drug-likeness (QED) is 0.534. The second kappa shape index (κ2) is 9.87. The zero-order chi connectivity index (χ0) is 24.5. The molecule has 2 fully saturated rings. The highest BCUT2D eigenvalue weighted by molar-refractivity contribution is 6.42. The molecule has 35 heavy (non-hydrogen) atoms. The molecule has 2 aromatic carbocycles. The van der Waals surface area contributed by atoms with Gasteiger partial charge in [0.15, 0.2) is 11.5 Å². The lowest BCUT2D eigenvalue weighted by molar-refractivity contribution is -0.130. The minimum atomic E-state index is -0.145. The molecule has 1 aromatic heterocycles. The first kappa shape index (κ1) is 23.6. The normalized spacial score (nSPS) is 16.7. The lowest BCUT2D eigenvalue weighted by atomic mass is 10.1. The zero-order valence-electron chi connectivity index (χ0n) is 19.5. The first-order valence-corrected chi connectivity index (χ1v) is 12.4. The van der Waals surface area contributed by atoms with E-state index < -0.39 is 0 Å². The van der Waals surface area contributed by atoms with E-state index in [0.29, 0.717) is 41.9 Å². The van der Waals surface area contributed by atoms with E-state index in [0.717, 1.165) is 48.5 Å². The molecule has 5 rings (SSSR count). The fourth-order valence-electron chi connectivity index (χ4n) is 4.71. The van der Waals surface area contributed by atoms with Gasteiger partial charge in [-0.1, -0.05) is 47.5 Å². The van der Waals surface area contributed by atoms with Crippen LogP contribution < -0.4 is 9.80 Å². The molecule has 2 aliphatic heterocycles. The maximum absolute atomic E-state index is 13.3. The number of amides is 2. The van der Waals surface area contributed by atoms with Crippen LogP contribution in [-0.2, 0) is 4.79 Å². The summed E-state index contributed by atoms with van der Waals surface area (Å²) in [6, 6.07) is 13.5. The van der Waals surface area contributed by atoms with Crippen molar-refractivity contribution in [2.24, 2.45) is 0 Å². The SMILES string of the molecule is CC(=O)N1CCN(C(=O)c2nnc(N3CCN(c4ccc(Cl)c(Cl)c4)CC3)c3ccccc23)CC1. The third-order valence-electron chi connectivity index (χ3n) is 6.73. The van der Waals surface area contributed by atoms with Crippen LogP contribution in [0.5, 0.6) is 0 Å². The number of carbonyl (C=O) groups is 2. The van der Waals surface area contributed by atoms with Gasteiger partial charge in [0.25, 0.3) is 5.91 Å². The Morgan fingerprint density at radius 3 is 2.03 bits per heavy atom. The molecule has 8 nitrogen and oxygen atoms in total. The summed E-state index contributed by atoms with van der Waals surface area (Å²) < 4.78 is 0. The van der Waals surface area contributed by atoms with Crippen LogP contribution in [-0.4, -0.2) is 84.2 Å². The number of halogens is 2. The fraction of sp³-hybridized carbons (Fsp3) is 0.360. The number of hydrogen-bond acceptors (Lipinski definition) is 6. The second-order valence-electron chi connectivity index (χ2n) is 8.79. The van der Waals surface area contributed by atoms with Crippen molar-refractivity contribution in [2.45, 2.75) is 6.92 Å². The van der Waals surface area contributed by atoms with E-state index >= 15 is 0 Å². The van der Waals surface area contributed by atoms with Crippen LogP contribution in [0.15, 0.2) is 42.5 Å². The van der Waals surface area contributed by atoms with Crippen molar-refractivity contribution in [1.29, 1.82) is 0 Å². The molecular weight excluding hydrogens is 487 g/mol. The van der Waals surface area contributed by atoms with Crippen molar-refractivity contribution in [2.75, 3.05) is 62.2 Å². The Hall–Kier alpha value is -3.10. The van der Waals surface area contributed by atoms with Crippen LogP contribution in [0, 0.1) is 0 Å². The molecule has 3 heterocycles. The third kappa shape index (κ3) is 4.73. The Bertz CT molecular complexity index is 1270. The summed E-state index contributed by atoms with van der Waals surface area (Å²) in [6.45, 7) is 6.74. The molecule has 0 radical (unpaired) electrons. The monoisotopic (exact) mass is 512 g/mol. The molecule has 0 aliphatic carbocycles. The third-order valence-corrected chi connectivity index (χ3v) is 7.47. The maximum atomic E-state index is 13.3. The van der Waals surface area contributed by atoms with Gasteiger partial charge in [0.05, 0.1) is 10.0 Å². The second-order valence-corrected chi connectivity index (χ2v) is 9.60. The van der Waals surface area contributed by atoms with E-state index in [1.165, 1.54) is 0 Å². The molecule has 2 saturated heterocycles. The van der Waals surface area contributed by atoms with Gasteiger partial charge in [0, 0.05) is 75.7 Å². The minimum absolute atomic E-state index is 0.0333. The molecule has 0 atom stereocenters. The smallest absolute Gasteiger partial charge is 0.275 e. The summed E-state index contributed by atoms with van der Waals surface area (Å²) in [4.78, 5) is 32.9. The molecule has 0 saturated carbocycles. The Balaban J connectivity index is 1.34. The van der Waals surface area contributed by atoms with Crippen LogP contribution in [0.1, 0.15) is 17.4 Å². The molecular formula is C25H26Cl2N6O2. The number of carbonyl (C=O) groups excluding carboxylic acids is 2. The van der Waals surface area contributed by atoms with Gasteiger partial charge in [-0.2, -0.15) is 0 Å². The van der Waals surface area contributed by atoms with Crippen molar-refractivity contribution in [1.82, 2.24) is 20.0 Å². The molecule has 2 amide bonds. The number of nitrogens with zero attached hydrogens (tertiary/aromatic N) is 6. The number of anilines is 2. The predicted molar refractivity (Wildman–Crippen MR) is 139 cm³/mol. The lowest BCUT2D eigenvalue weighted by Gasteiger charge is -2.37. The topological polar surface area (TPSA) is 72.9 Å². The van der Waals surface area contributed by atoms with Crippen LogP contribution in [0.25, 0.3) is 10.8 Å². The highest BCUT2D eigenvalue weighted by atomic mass is 35.5. The summed E-state index contributed by atoms with van der Waals surface area (Å²) in [7, 11) is 0. The van der Waals surface area contributed by atoms with E-state index in [-0.39, 0.29) is 11.8 Å². The highest BCUT2D eigenvalue weighted by Gasteiger charge is 2.27. The van der Waals surface area contributed by atoms with Gasteiger partial charge in [-0.15, -0.1) is 10.2 Å². The van der Waals surface area contributed by atoms with Gasteiger partial charge in [-0.25, -0.2) is 0 Å². The Kier molecular flexibility index (Phi) is 6.67. The molecule has 182 valence electrons. The standard InChI is InChI=1S/C25H26Cl2N6O2/c1-17(34)30-8-14-33(15-9-30)25(35)23-19-4-2-3-5-20(19)24(29-28-23)32-12-10-31(11-13-32)18-6-7-21(26)22(27)16-18/h2-7,16H,8-15H2,1H3. The van der Waals surface area contributed by atoms with Crippen molar-refractivity contribution >= 4 is 57.3 Å². The number of piperazine rings is 2.